The van der Waals surface area contributed by atoms with Crippen molar-refractivity contribution in [1.82, 2.24) is 25.1 Å². The van der Waals surface area contributed by atoms with E-state index in [9.17, 15) is 0 Å². The largest absolute Gasteiger partial charge is 0.289 e. The van der Waals surface area contributed by atoms with Gasteiger partial charge in [0.1, 0.15) is 6.04 Å². The monoisotopic (exact) mass is 353 g/mol. The maximum absolute atomic E-state index is 4.44. The van der Waals surface area contributed by atoms with Gasteiger partial charge in [-0.3, -0.25) is 4.90 Å². The molecular formula is C19H23N5S. The smallest absolute Gasteiger partial charge is 0.174 e. The number of likely N-dealkylation sites (tertiary alicyclic amines) is 1. The molecule has 0 unspecified atom stereocenters. The third-order valence-corrected chi connectivity index (χ3v) is 5.77. The Morgan fingerprint density at radius 3 is 2.84 bits per heavy atom. The van der Waals surface area contributed by atoms with Gasteiger partial charge in [0.2, 0.25) is 0 Å². The van der Waals surface area contributed by atoms with E-state index in [-0.39, 0.29) is 6.04 Å². The zero-order chi connectivity index (χ0) is 17.1. The highest BCUT2D eigenvalue weighted by Gasteiger charge is 2.31. The molecule has 1 aromatic carbocycles. The van der Waals surface area contributed by atoms with E-state index in [1.165, 1.54) is 23.3 Å². The number of nitrogens with zero attached hydrogens (tertiary/aromatic N) is 5. The van der Waals surface area contributed by atoms with E-state index in [2.05, 4.69) is 69.1 Å². The summed E-state index contributed by atoms with van der Waals surface area (Å²) in [6.07, 6.45) is 2.55. The first-order valence-electron chi connectivity index (χ1n) is 8.88. The summed E-state index contributed by atoms with van der Waals surface area (Å²) in [6.45, 7) is 5.24. The van der Waals surface area contributed by atoms with E-state index in [0.29, 0.717) is 6.54 Å². The number of aromatic nitrogens is 4. The highest BCUT2D eigenvalue weighted by atomic mass is 32.1. The molecule has 3 heterocycles. The lowest BCUT2D eigenvalue weighted by Gasteiger charge is -2.36. The number of hydrogen-bond acceptors (Lipinski definition) is 5. The van der Waals surface area contributed by atoms with Crippen LogP contribution in [0.5, 0.6) is 0 Å². The molecule has 1 fully saturated rings. The minimum absolute atomic E-state index is 0.140. The van der Waals surface area contributed by atoms with Gasteiger partial charge in [0.25, 0.3) is 0 Å². The maximum atomic E-state index is 4.44. The Hall–Kier alpha value is -2.05. The van der Waals surface area contributed by atoms with Crippen LogP contribution in [0.2, 0.25) is 0 Å². The van der Waals surface area contributed by atoms with Crippen molar-refractivity contribution in [2.75, 3.05) is 13.1 Å². The van der Waals surface area contributed by atoms with Gasteiger partial charge in [-0.2, -0.15) is 0 Å². The highest BCUT2D eigenvalue weighted by molar-refractivity contribution is 7.10. The van der Waals surface area contributed by atoms with Gasteiger partial charge in [-0.25, -0.2) is 4.68 Å². The van der Waals surface area contributed by atoms with E-state index < -0.39 is 0 Å². The fraction of sp³-hybridized carbons (Fsp3) is 0.421. The lowest BCUT2D eigenvalue weighted by atomic mass is 9.98. The van der Waals surface area contributed by atoms with Gasteiger partial charge in [-0.15, -0.1) is 16.4 Å². The molecule has 1 aliphatic rings. The second-order valence-electron chi connectivity index (χ2n) is 6.84. The summed E-state index contributed by atoms with van der Waals surface area (Å²) in [5.74, 6) is 1.66. The molecule has 2 aromatic heterocycles. The van der Waals surface area contributed by atoms with Crippen molar-refractivity contribution in [3.63, 3.8) is 0 Å². The van der Waals surface area contributed by atoms with E-state index in [0.717, 1.165) is 24.8 Å². The average molecular weight is 353 g/mol. The summed E-state index contributed by atoms with van der Waals surface area (Å²) >= 11 is 1.79. The van der Waals surface area contributed by atoms with Crippen LogP contribution in [0.4, 0.5) is 0 Å². The molecule has 0 radical (unpaired) electrons. The summed E-state index contributed by atoms with van der Waals surface area (Å²) in [5.41, 5.74) is 1.22. The normalized spacial score (nSPS) is 19.8. The molecule has 130 valence electrons. The molecule has 0 N–H and O–H groups in total. The topological polar surface area (TPSA) is 46.8 Å². The molecule has 0 amide bonds. The molecule has 25 heavy (non-hydrogen) atoms. The summed E-state index contributed by atoms with van der Waals surface area (Å²) < 4.78 is 1.96. The van der Waals surface area contributed by atoms with Crippen LogP contribution in [0.3, 0.4) is 0 Å². The predicted molar refractivity (Wildman–Crippen MR) is 99.5 cm³/mol. The molecule has 0 saturated carbocycles. The minimum Gasteiger partial charge on any atom is -0.289 e. The second-order valence-corrected chi connectivity index (χ2v) is 7.82. The van der Waals surface area contributed by atoms with E-state index in [1.54, 1.807) is 11.3 Å². The molecule has 4 rings (SSSR count). The lowest BCUT2D eigenvalue weighted by molar-refractivity contribution is 0.144. The number of thiophene rings is 1. The van der Waals surface area contributed by atoms with Gasteiger partial charge in [-0.1, -0.05) is 43.3 Å². The Morgan fingerprint density at radius 1 is 1.20 bits per heavy atom. The van der Waals surface area contributed by atoms with Gasteiger partial charge in [0, 0.05) is 11.4 Å². The van der Waals surface area contributed by atoms with E-state index in [1.807, 2.05) is 10.7 Å². The first-order valence-corrected chi connectivity index (χ1v) is 9.76. The minimum atomic E-state index is 0.140. The van der Waals surface area contributed by atoms with Crippen LogP contribution >= 0.6 is 11.3 Å². The number of benzene rings is 1. The molecule has 1 saturated heterocycles. The second kappa shape index (κ2) is 7.45. The van der Waals surface area contributed by atoms with Crippen molar-refractivity contribution in [3.8, 4) is 0 Å². The Labute approximate surface area is 152 Å². The summed E-state index contributed by atoms with van der Waals surface area (Å²) in [7, 11) is 0. The maximum Gasteiger partial charge on any atom is 0.174 e. The molecule has 3 aromatic rings. The fourth-order valence-corrected chi connectivity index (χ4v) is 4.51. The van der Waals surface area contributed by atoms with Crippen LogP contribution < -0.4 is 0 Å². The zero-order valence-corrected chi connectivity index (χ0v) is 15.3. The van der Waals surface area contributed by atoms with Crippen LogP contribution in [-0.4, -0.2) is 38.2 Å². The summed E-state index contributed by atoms with van der Waals surface area (Å²) in [6, 6.07) is 14.9. The molecule has 0 spiro atoms. The third kappa shape index (κ3) is 3.65. The quantitative estimate of drug-likeness (QED) is 0.703. The van der Waals surface area contributed by atoms with Gasteiger partial charge < -0.3 is 0 Å². The average Bonchev–Trinajstić information content (AvgIpc) is 3.30. The van der Waals surface area contributed by atoms with Crippen LogP contribution in [0.25, 0.3) is 0 Å². The van der Waals surface area contributed by atoms with Gasteiger partial charge in [0.15, 0.2) is 5.82 Å². The Kier molecular flexibility index (Phi) is 4.90. The Balaban J connectivity index is 1.67. The van der Waals surface area contributed by atoms with Crippen LogP contribution in [0.15, 0.2) is 47.8 Å². The fourth-order valence-electron chi connectivity index (χ4n) is 3.65. The number of tetrazole rings is 1. The first-order chi connectivity index (χ1) is 12.3. The molecule has 0 aliphatic carbocycles. The van der Waals surface area contributed by atoms with Crippen LogP contribution in [0, 0.1) is 5.92 Å². The van der Waals surface area contributed by atoms with Crippen molar-refractivity contribution in [3.05, 3.63) is 64.1 Å². The summed E-state index contributed by atoms with van der Waals surface area (Å²) in [4.78, 5) is 3.87. The van der Waals surface area contributed by atoms with Crippen molar-refractivity contribution < 1.29 is 0 Å². The molecular weight excluding hydrogens is 330 g/mol. The van der Waals surface area contributed by atoms with Crippen molar-refractivity contribution in [2.45, 2.75) is 32.4 Å². The van der Waals surface area contributed by atoms with E-state index in [4.69, 9.17) is 0 Å². The Morgan fingerprint density at radius 2 is 2.08 bits per heavy atom. The number of rotatable bonds is 5. The summed E-state index contributed by atoms with van der Waals surface area (Å²) in [5, 5.41) is 14.9. The number of piperidine rings is 1. The van der Waals surface area contributed by atoms with Crippen molar-refractivity contribution in [1.29, 1.82) is 0 Å². The van der Waals surface area contributed by atoms with Crippen LogP contribution in [-0.2, 0) is 6.54 Å². The first kappa shape index (κ1) is 16.4. The van der Waals surface area contributed by atoms with E-state index >= 15 is 0 Å². The predicted octanol–water partition coefficient (Wildman–Crippen LogP) is 3.60. The van der Waals surface area contributed by atoms with Crippen molar-refractivity contribution in [2.24, 2.45) is 5.92 Å². The lowest BCUT2D eigenvalue weighted by Crippen LogP contribution is -2.38. The zero-order valence-electron chi connectivity index (χ0n) is 14.5. The Bertz CT molecular complexity index is 783. The standard InChI is InChI=1S/C19H23N5S/c1-15-7-5-11-23(13-15)18(17-10-6-12-25-17)19-20-21-22-24(19)14-16-8-3-2-4-9-16/h2-4,6,8-10,12,15,18H,5,7,11,13-14H2,1H3/t15-,18+/m1/s1. The molecule has 6 heteroatoms. The molecule has 0 bridgehead atoms. The molecule has 2 atom stereocenters. The van der Waals surface area contributed by atoms with Crippen molar-refractivity contribution >= 4 is 11.3 Å². The van der Waals surface area contributed by atoms with Gasteiger partial charge in [0.05, 0.1) is 6.54 Å². The third-order valence-electron chi connectivity index (χ3n) is 4.85. The highest BCUT2D eigenvalue weighted by Crippen LogP contribution is 2.33. The number of hydrogen-bond donors (Lipinski definition) is 0. The van der Waals surface area contributed by atoms with Gasteiger partial charge in [-0.05, 0) is 52.7 Å². The molecule has 1 aliphatic heterocycles. The molecule has 5 nitrogen and oxygen atoms in total. The van der Waals surface area contributed by atoms with Crippen LogP contribution in [0.1, 0.15) is 42.1 Å². The SMILES string of the molecule is C[C@@H]1CCCN([C@@H](c2cccs2)c2nnnn2Cc2ccccc2)C1. The van der Waals surface area contributed by atoms with Gasteiger partial charge >= 0.3 is 0 Å².